The molecule has 0 spiro atoms. The van der Waals surface area contributed by atoms with Crippen LogP contribution in [0, 0.1) is 17.7 Å². The Morgan fingerprint density at radius 1 is 1.21 bits per heavy atom. The molecule has 7 nitrogen and oxygen atoms in total. The van der Waals surface area contributed by atoms with E-state index in [0.29, 0.717) is 50.3 Å². The Morgan fingerprint density at radius 3 is 2.73 bits per heavy atom. The van der Waals surface area contributed by atoms with Gasteiger partial charge in [0.15, 0.2) is 0 Å². The molecule has 2 aromatic carbocycles. The quantitative estimate of drug-likeness (QED) is 0.685. The molecule has 0 saturated carbocycles. The number of ether oxygens (including phenoxy) is 1. The molecule has 1 saturated heterocycles. The third-order valence-corrected chi connectivity index (χ3v) is 6.47. The van der Waals surface area contributed by atoms with Crippen LogP contribution in [0.1, 0.15) is 30.4 Å². The summed E-state index contributed by atoms with van der Waals surface area (Å²) in [4.78, 5) is 30.8. The zero-order valence-electron chi connectivity index (χ0n) is 18.6. The second kappa shape index (κ2) is 10.0. The Balaban J connectivity index is 1.48. The molecule has 2 heterocycles. The molecule has 0 radical (unpaired) electrons. The summed E-state index contributed by atoms with van der Waals surface area (Å²) in [5.74, 6) is -0.504. The number of fused-ring (bicyclic) bond motifs is 1. The molecule has 2 amide bonds. The number of likely N-dealkylation sites (tertiary alicyclic amines) is 1. The minimum Gasteiger partial charge on any atom is -0.497 e. The fraction of sp³-hybridized carbons (Fsp3) is 0.400. The standard InChI is InChI=1S/C25H28FN3O4/c1-33-21-5-3-20(4-6-21)28-25(32)29-11-9-16(14-24(30)31)18(15-29)13-23-22-7-2-19(26)12-17(22)8-10-27-23/h2-7,12,16,18H,8-11,13-15H2,1H3,(H,28,32)(H,30,31)/t16-,18-/m0/s1. The summed E-state index contributed by atoms with van der Waals surface area (Å²) >= 11 is 0. The first-order valence-corrected chi connectivity index (χ1v) is 11.2. The van der Waals surface area contributed by atoms with Gasteiger partial charge in [-0.25, -0.2) is 9.18 Å². The molecule has 0 aromatic heterocycles. The lowest BCUT2D eigenvalue weighted by molar-refractivity contribution is -0.138. The number of nitrogens with zero attached hydrogens (tertiary/aromatic N) is 2. The van der Waals surface area contributed by atoms with Gasteiger partial charge >= 0.3 is 12.0 Å². The topological polar surface area (TPSA) is 91.2 Å². The first-order chi connectivity index (χ1) is 15.9. The molecule has 8 heteroatoms. The van der Waals surface area contributed by atoms with Crippen molar-refractivity contribution in [2.24, 2.45) is 16.8 Å². The number of piperidine rings is 1. The van der Waals surface area contributed by atoms with Crippen LogP contribution < -0.4 is 10.1 Å². The summed E-state index contributed by atoms with van der Waals surface area (Å²) in [6, 6.07) is 11.6. The van der Waals surface area contributed by atoms with Gasteiger partial charge in [0.1, 0.15) is 11.6 Å². The fourth-order valence-corrected chi connectivity index (χ4v) is 4.74. The second-order valence-electron chi connectivity index (χ2n) is 8.60. The number of rotatable bonds is 6. The summed E-state index contributed by atoms with van der Waals surface area (Å²) < 4.78 is 18.8. The maximum atomic E-state index is 13.7. The minimum atomic E-state index is -0.839. The molecule has 2 aliphatic rings. The van der Waals surface area contributed by atoms with Crippen molar-refractivity contribution >= 4 is 23.4 Å². The number of carbonyl (C=O) groups is 2. The maximum Gasteiger partial charge on any atom is 0.321 e. The number of hydrogen-bond acceptors (Lipinski definition) is 4. The molecule has 2 aliphatic heterocycles. The number of benzene rings is 2. The number of nitrogens with one attached hydrogen (secondary N) is 1. The predicted molar refractivity (Wildman–Crippen MR) is 124 cm³/mol. The third-order valence-electron chi connectivity index (χ3n) is 6.47. The number of anilines is 1. The van der Waals surface area contributed by atoms with E-state index in [1.807, 2.05) is 0 Å². The van der Waals surface area contributed by atoms with Crippen LogP contribution in [0.2, 0.25) is 0 Å². The van der Waals surface area contributed by atoms with E-state index in [9.17, 15) is 19.1 Å². The van der Waals surface area contributed by atoms with E-state index in [2.05, 4.69) is 10.3 Å². The van der Waals surface area contributed by atoms with Gasteiger partial charge in [0.25, 0.3) is 0 Å². The van der Waals surface area contributed by atoms with Gasteiger partial charge in [0, 0.05) is 37.5 Å². The fourth-order valence-electron chi connectivity index (χ4n) is 4.74. The molecular weight excluding hydrogens is 425 g/mol. The van der Waals surface area contributed by atoms with Gasteiger partial charge in [-0.05, 0) is 84.7 Å². The van der Waals surface area contributed by atoms with Crippen LogP contribution in [0.25, 0.3) is 0 Å². The molecule has 33 heavy (non-hydrogen) atoms. The molecule has 2 aromatic rings. The number of aliphatic carboxylic acids is 1. The van der Waals surface area contributed by atoms with E-state index in [1.165, 1.54) is 6.07 Å². The van der Waals surface area contributed by atoms with Crippen LogP contribution in [-0.4, -0.2) is 54.5 Å². The maximum absolute atomic E-state index is 13.7. The van der Waals surface area contributed by atoms with Crippen molar-refractivity contribution in [2.45, 2.75) is 25.7 Å². The van der Waals surface area contributed by atoms with Gasteiger partial charge in [0.2, 0.25) is 0 Å². The van der Waals surface area contributed by atoms with E-state index < -0.39 is 5.97 Å². The Kier molecular flexibility index (Phi) is 6.91. The summed E-state index contributed by atoms with van der Waals surface area (Å²) in [5, 5.41) is 12.3. The van der Waals surface area contributed by atoms with E-state index >= 15 is 0 Å². The zero-order chi connectivity index (χ0) is 23.4. The van der Waals surface area contributed by atoms with Crippen molar-refractivity contribution in [1.29, 1.82) is 0 Å². The number of carbonyl (C=O) groups excluding carboxylic acids is 1. The van der Waals surface area contributed by atoms with Gasteiger partial charge < -0.3 is 20.1 Å². The molecule has 0 aliphatic carbocycles. The number of aliphatic imine (C=N–C) groups is 1. The molecule has 4 rings (SSSR count). The zero-order valence-corrected chi connectivity index (χ0v) is 18.6. The smallest absolute Gasteiger partial charge is 0.321 e. The highest BCUT2D eigenvalue weighted by atomic mass is 19.1. The number of urea groups is 1. The Morgan fingerprint density at radius 2 is 2.00 bits per heavy atom. The molecule has 1 fully saturated rings. The van der Waals surface area contributed by atoms with Crippen molar-refractivity contribution in [3.63, 3.8) is 0 Å². The lowest BCUT2D eigenvalue weighted by atomic mass is 9.78. The second-order valence-corrected chi connectivity index (χ2v) is 8.60. The number of methoxy groups -OCH3 is 1. The number of halogens is 1. The predicted octanol–water partition coefficient (Wildman–Crippen LogP) is 4.21. The number of carboxylic acid groups (broad SMARTS) is 1. The highest BCUT2D eigenvalue weighted by molar-refractivity contribution is 6.02. The molecule has 2 atom stereocenters. The van der Waals surface area contributed by atoms with Crippen molar-refractivity contribution in [2.75, 3.05) is 32.1 Å². The van der Waals surface area contributed by atoms with Crippen molar-refractivity contribution in [3.05, 3.63) is 59.4 Å². The third kappa shape index (κ3) is 5.50. The van der Waals surface area contributed by atoms with E-state index in [1.54, 1.807) is 48.4 Å². The Bertz CT molecular complexity index is 1050. The SMILES string of the molecule is COc1ccc(NC(=O)N2CC[C@@H](CC(=O)O)[C@@H](CC3=NCCc4cc(F)ccc43)C2)cc1. The highest BCUT2D eigenvalue weighted by Gasteiger charge is 2.34. The lowest BCUT2D eigenvalue weighted by Gasteiger charge is -2.38. The van der Waals surface area contributed by atoms with Gasteiger partial charge in [-0.15, -0.1) is 0 Å². The average molecular weight is 454 g/mol. The number of amides is 2. The van der Waals surface area contributed by atoms with Gasteiger partial charge in [-0.1, -0.05) is 0 Å². The summed E-state index contributed by atoms with van der Waals surface area (Å²) in [7, 11) is 1.58. The Hall–Kier alpha value is -3.42. The van der Waals surface area contributed by atoms with Gasteiger partial charge in [-0.2, -0.15) is 0 Å². The average Bonchev–Trinajstić information content (AvgIpc) is 2.80. The first kappa shape index (κ1) is 22.8. The normalized spacial score (nSPS) is 19.9. The van der Waals surface area contributed by atoms with E-state index in [0.717, 1.165) is 16.8 Å². The van der Waals surface area contributed by atoms with Crippen molar-refractivity contribution < 1.29 is 23.8 Å². The van der Waals surface area contributed by atoms with E-state index in [4.69, 9.17) is 4.74 Å². The van der Waals surface area contributed by atoms with Crippen LogP contribution >= 0.6 is 0 Å². The Labute approximate surface area is 192 Å². The summed E-state index contributed by atoms with van der Waals surface area (Å²) in [5.41, 5.74) is 3.39. The largest absolute Gasteiger partial charge is 0.497 e. The van der Waals surface area contributed by atoms with Crippen LogP contribution in [0.5, 0.6) is 5.75 Å². The van der Waals surface area contributed by atoms with Crippen molar-refractivity contribution in [3.8, 4) is 5.75 Å². The van der Waals surface area contributed by atoms with Gasteiger partial charge in [-0.3, -0.25) is 9.79 Å². The lowest BCUT2D eigenvalue weighted by Crippen LogP contribution is -2.46. The monoisotopic (exact) mass is 453 g/mol. The van der Waals surface area contributed by atoms with Gasteiger partial charge in [0.05, 0.1) is 7.11 Å². The molecular formula is C25H28FN3O4. The van der Waals surface area contributed by atoms with Crippen molar-refractivity contribution in [1.82, 2.24) is 4.90 Å². The highest BCUT2D eigenvalue weighted by Crippen LogP contribution is 2.32. The molecule has 174 valence electrons. The van der Waals surface area contributed by atoms with Crippen LogP contribution in [0.3, 0.4) is 0 Å². The van der Waals surface area contributed by atoms with Crippen LogP contribution in [-0.2, 0) is 11.2 Å². The van der Waals surface area contributed by atoms with Crippen LogP contribution in [0.4, 0.5) is 14.9 Å². The van der Waals surface area contributed by atoms with Crippen LogP contribution in [0.15, 0.2) is 47.5 Å². The molecule has 2 N–H and O–H groups in total. The summed E-state index contributed by atoms with van der Waals surface area (Å²) in [6.07, 6.45) is 1.91. The number of hydrogen-bond donors (Lipinski definition) is 2. The molecule has 0 unspecified atom stereocenters. The molecule has 0 bridgehead atoms. The summed E-state index contributed by atoms with van der Waals surface area (Å²) in [6.45, 7) is 1.52. The number of carboxylic acids is 1. The first-order valence-electron chi connectivity index (χ1n) is 11.2. The van der Waals surface area contributed by atoms with E-state index in [-0.39, 0.29) is 30.1 Å². The minimum absolute atomic E-state index is 0.0498.